The number of fused-ring (bicyclic) bond motifs is 1. The van der Waals surface area contributed by atoms with E-state index in [1.807, 2.05) is 12.1 Å². The predicted molar refractivity (Wildman–Crippen MR) is 113 cm³/mol. The molecular weight excluding hydrogens is 393 g/mol. The Bertz CT molecular complexity index is 1040. The average molecular weight is 416 g/mol. The Morgan fingerprint density at radius 2 is 1.93 bits per heavy atom. The fraction of sp³-hybridized carbons (Fsp3) is 0.400. The Morgan fingerprint density at radius 3 is 2.66 bits per heavy atom. The van der Waals surface area contributed by atoms with E-state index in [1.165, 1.54) is 6.20 Å². The molecule has 6 nitrogen and oxygen atoms in total. The van der Waals surface area contributed by atoms with E-state index in [4.69, 9.17) is 4.98 Å². The number of nitrogens with zero attached hydrogens (tertiary/aromatic N) is 5. The van der Waals surface area contributed by atoms with Gasteiger partial charge in [0.2, 0.25) is 5.95 Å². The Balaban J connectivity index is 1.67. The van der Waals surface area contributed by atoms with E-state index < -0.39 is 5.66 Å². The number of anilines is 2. The molecule has 1 fully saturated rings. The Morgan fingerprint density at radius 1 is 1.17 bits per heavy atom. The summed E-state index contributed by atoms with van der Waals surface area (Å²) in [5, 5.41) is 3.95. The van der Waals surface area contributed by atoms with Gasteiger partial charge in [-0.25, -0.2) is 4.98 Å². The number of halogens is 2. The minimum Gasteiger partial charge on any atom is -0.365 e. The molecule has 4 heterocycles. The second-order valence-corrected chi connectivity index (χ2v) is 8.80. The number of nitrogens with one attached hydrogen (secondary N) is 1. The third-order valence-electron chi connectivity index (χ3n) is 5.07. The van der Waals surface area contributed by atoms with Crippen LogP contribution in [-0.4, -0.2) is 33.0 Å². The Kier molecular flexibility index (Phi) is 5.07. The van der Waals surface area contributed by atoms with Crippen LogP contribution in [0.1, 0.15) is 31.5 Å². The highest BCUT2D eigenvalue weighted by Crippen LogP contribution is 2.36. The van der Waals surface area contributed by atoms with Crippen molar-refractivity contribution in [2.75, 3.05) is 23.3 Å². The van der Waals surface area contributed by atoms with E-state index in [2.05, 4.69) is 39.0 Å². The Hall–Kier alpha value is -2.47. The van der Waals surface area contributed by atoms with Gasteiger partial charge < -0.3 is 10.2 Å². The van der Waals surface area contributed by atoms with Crippen LogP contribution in [0, 0.1) is 5.41 Å². The molecule has 1 atom stereocenters. The van der Waals surface area contributed by atoms with Crippen LogP contribution in [0.5, 0.6) is 0 Å². The van der Waals surface area contributed by atoms with Crippen molar-refractivity contribution in [1.82, 2.24) is 19.9 Å². The Labute approximate surface area is 170 Å². The van der Waals surface area contributed by atoms with E-state index in [9.17, 15) is 8.78 Å². The van der Waals surface area contributed by atoms with Crippen LogP contribution in [0.15, 0.2) is 36.7 Å². The third kappa shape index (κ3) is 4.27. The number of alkyl halides is 2. The van der Waals surface area contributed by atoms with Crippen molar-refractivity contribution in [2.45, 2.75) is 32.5 Å². The van der Waals surface area contributed by atoms with Crippen LogP contribution in [0.2, 0.25) is 0 Å². The minimum atomic E-state index is -3.10. The number of hydrogen-bond acceptors (Lipinski definition) is 6. The van der Waals surface area contributed by atoms with Crippen LogP contribution in [0.25, 0.3) is 11.0 Å². The molecule has 9 heteroatoms. The highest BCUT2D eigenvalue weighted by Gasteiger charge is 2.31. The van der Waals surface area contributed by atoms with Crippen LogP contribution in [0.3, 0.4) is 0 Å². The van der Waals surface area contributed by atoms with E-state index in [-0.39, 0.29) is 17.7 Å². The smallest absolute Gasteiger partial charge is 0.300 e. The van der Waals surface area contributed by atoms with Gasteiger partial charge in [0.05, 0.1) is 5.39 Å². The molecule has 152 valence electrons. The summed E-state index contributed by atoms with van der Waals surface area (Å²) in [6.45, 7) is 6.34. The maximum Gasteiger partial charge on any atom is 0.300 e. The predicted octanol–water partition coefficient (Wildman–Crippen LogP) is 4.19. The van der Waals surface area contributed by atoms with Crippen molar-refractivity contribution in [1.29, 1.82) is 0 Å². The summed E-state index contributed by atoms with van der Waals surface area (Å²) in [5.74, 6) is 1.18. The van der Waals surface area contributed by atoms with Crippen LogP contribution < -0.4 is 10.2 Å². The lowest BCUT2D eigenvalue weighted by atomic mass is 9.93. The molecule has 1 N–H and O–H groups in total. The summed E-state index contributed by atoms with van der Waals surface area (Å²) in [6, 6.07) is 6.96. The summed E-state index contributed by atoms with van der Waals surface area (Å²) in [6.07, 6.45) is 4.11. The highest BCUT2D eigenvalue weighted by molar-refractivity contribution is 7.17. The number of aromatic nitrogens is 4. The van der Waals surface area contributed by atoms with Gasteiger partial charge in [-0.2, -0.15) is 18.7 Å². The third-order valence-corrected chi connectivity index (χ3v) is 5.35. The molecule has 0 radical (unpaired) electrons. The van der Waals surface area contributed by atoms with E-state index in [1.54, 1.807) is 27.6 Å². The zero-order valence-electron chi connectivity index (χ0n) is 16.4. The second kappa shape index (κ2) is 7.41. The lowest BCUT2D eigenvalue weighted by Crippen LogP contribution is -2.25. The normalized spacial score (nSPS) is 16.4. The SMILES string of the molecule is CC1(C)CCN(c2nc(NCc3cccnc3C(F)(F)P)c3cccnc3n2)C1. The van der Waals surface area contributed by atoms with Crippen molar-refractivity contribution in [3.63, 3.8) is 0 Å². The molecule has 0 saturated carbocycles. The highest BCUT2D eigenvalue weighted by atomic mass is 31.0. The fourth-order valence-electron chi connectivity index (χ4n) is 3.57. The first kappa shape index (κ1) is 19.8. The monoisotopic (exact) mass is 416 g/mol. The van der Waals surface area contributed by atoms with E-state index in [0.29, 0.717) is 23.0 Å². The maximum absolute atomic E-state index is 13.9. The molecule has 4 rings (SSSR count). The maximum atomic E-state index is 13.9. The largest absolute Gasteiger partial charge is 0.365 e. The van der Waals surface area contributed by atoms with Gasteiger partial charge in [-0.1, -0.05) is 29.2 Å². The minimum absolute atomic E-state index is 0.166. The van der Waals surface area contributed by atoms with E-state index >= 15 is 0 Å². The molecule has 0 amide bonds. The van der Waals surface area contributed by atoms with Crippen molar-refractivity contribution < 1.29 is 8.78 Å². The van der Waals surface area contributed by atoms with Crippen molar-refractivity contribution in [3.05, 3.63) is 47.9 Å². The molecule has 0 bridgehead atoms. The molecule has 0 spiro atoms. The number of rotatable bonds is 5. The van der Waals surface area contributed by atoms with Gasteiger partial charge in [0, 0.05) is 32.0 Å². The van der Waals surface area contributed by atoms with Gasteiger partial charge >= 0.3 is 5.66 Å². The van der Waals surface area contributed by atoms with Crippen LogP contribution >= 0.6 is 9.24 Å². The zero-order chi connectivity index (χ0) is 20.6. The van der Waals surface area contributed by atoms with Crippen LogP contribution in [-0.2, 0) is 12.2 Å². The van der Waals surface area contributed by atoms with Gasteiger partial charge in [0.15, 0.2) is 5.65 Å². The van der Waals surface area contributed by atoms with Gasteiger partial charge in [-0.15, -0.1) is 0 Å². The van der Waals surface area contributed by atoms with Crippen molar-refractivity contribution in [2.24, 2.45) is 5.41 Å². The standard InChI is InChI=1S/C20H23F2N6P/c1-19(2)7-10-28(12-19)18-26-16-14(6-4-9-24-16)17(27-18)25-11-13-5-3-8-23-15(13)20(21,22)29/h3-6,8-9H,7,10-12,29H2,1-2H3,(H,24,25,26,27). The molecule has 1 saturated heterocycles. The number of hydrogen-bond donors (Lipinski definition) is 1. The summed E-state index contributed by atoms with van der Waals surface area (Å²) < 4.78 is 27.7. The number of pyridine rings is 2. The van der Waals surface area contributed by atoms with E-state index in [0.717, 1.165) is 24.9 Å². The fourth-order valence-corrected chi connectivity index (χ4v) is 3.83. The molecule has 1 aliphatic rings. The molecule has 3 aromatic heterocycles. The topological polar surface area (TPSA) is 66.8 Å². The molecule has 29 heavy (non-hydrogen) atoms. The lowest BCUT2D eigenvalue weighted by molar-refractivity contribution is 0.0975. The molecule has 0 aliphatic carbocycles. The first-order chi connectivity index (χ1) is 13.7. The molecule has 1 unspecified atom stereocenters. The second-order valence-electron chi connectivity index (χ2n) is 8.07. The first-order valence-corrected chi connectivity index (χ1v) is 10.0. The van der Waals surface area contributed by atoms with Gasteiger partial charge in [0.1, 0.15) is 11.5 Å². The molecule has 3 aromatic rings. The summed E-state index contributed by atoms with van der Waals surface area (Å²) in [5.41, 5.74) is -2.18. The van der Waals surface area contributed by atoms with Crippen LogP contribution in [0.4, 0.5) is 20.5 Å². The summed E-state index contributed by atoms with van der Waals surface area (Å²) >= 11 is 0. The van der Waals surface area contributed by atoms with Crippen molar-refractivity contribution in [3.8, 4) is 0 Å². The van der Waals surface area contributed by atoms with Gasteiger partial charge in [-0.05, 0) is 35.6 Å². The molecule has 1 aliphatic heterocycles. The quantitative estimate of drug-likeness (QED) is 0.629. The molecule has 0 aromatic carbocycles. The average Bonchev–Trinajstić information content (AvgIpc) is 3.05. The molecular formula is C20H23F2N6P. The lowest BCUT2D eigenvalue weighted by Gasteiger charge is -2.21. The van der Waals surface area contributed by atoms with Crippen molar-refractivity contribution >= 4 is 32.0 Å². The summed E-state index contributed by atoms with van der Waals surface area (Å²) in [7, 11) is 1.54. The summed E-state index contributed by atoms with van der Waals surface area (Å²) in [4.78, 5) is 19.7. The van der Waals surface area contributed by atoms with Gasteiger partial charge in [-0.3, -0.25) is 4.98 Å². The zero-order valence-corrected chi connectivity index (χ0v) is 17.5. The van der Waals surface area contributed by atoms with Gasteiger partial charge in [0.25, 0.3) is 0 Å². The first-order valence-electron chi connectivity index (χ1n) is 9.46.